The number of Topliss-reactive ketones (excluding diaryl/α,β-unsaturated/α-hetero) is 1. The van der Waals surface area contributed by atoms with Crippen molar-refractivity contribution in [2.24, 2.45) is 40.4 Å². The van der Waals surface area contributed by atoms with Gasteiger partial charge in [-0.05, 0) is 117 Å². The van der Waals surface area contributed by atoms with Gasteiger partial charge >= 0.3 is 0 Å². The summed E-state index contributed by atoms with van der Waals surface area (Å²) in [6.07, 6.45) is 9.77. The number of ether oxygens (including phenoxy) is 1. The highest BCUT2D eigenvalue weighted by molar-refractivity contribution is 5.82. The molecular formula is C25H40N4O3. The van der Waals surface area contributed by atoms with E-state index in [1.807, 2.05) is 21.0 Å². The molecule has 32 heavy (non-hydrogen) atoms. The Labute approximate surface area is 191 Å². The number of tetrazole rings is 1. The summed E-state index contributed by atoms with van der Waals surface area (Å²) in [5.74, 6) is 3.62. The molecule has 8 atom stereocenters. The molecule has 4 aliphatic carbocycles. The standard InChI is InChI=1S/C25H40N4O3/c1-16-26-27-28-29(16)14-22(30)21-8-7-19-18-6-5-17-13-23(2,31)11-12-25(17,15-32-4)20(18)9-10-24(19,21)3/h17-21,31H,5-15H2,1-4H3/t17-,18+,19+,20+,21-,23-,24+,25-/m1/s1. The van der Waals surface area contributed by atoms with Gasteiger partial charge in [0.25, 0.3) is 0 Å². The fourth-order valence-electron chi connectivity index (χ4n) is 8.97. The summed E-state index contributed by atoms with van der Waals surface area (Å²) in [5.41, 5.74) is -0.245. The molecule has 0 radical (unpaired) electrons. The largest absolute Gasteiger partial charge is 0.390 e. The Hall–Kier alpha value is -1.34. The Morgan fingerprint density at radius 1 is 1.12 bits per heavy atom. The molecule has 0 saturated heterocycles. The van der Waals surface area contributed by atoms with E-state index in [-0.39, 0.29) is 16.7 Å². The van der Waals surface area contributed by atoms with Gasteiger partial charge < -0.3 is 9.84 Å². The first-order valence-corrected chi connectivity index (χ1v) is 12.7. The molecule has 0 unspecified atom stereocenters. The second-order valence-corrected chi connectivity index (χ2v) is 12.0. The molecule has 4 aliphatic rings. The number of nitrogens with zero attached hydrogens (tertiary/aromatic N) is 4. The van der Waals surface area contributed by atoms with Crippen LogP contribution in [0.5, 0.6) is 0 Å². The second kappa shape index (κ2) is 7.86. The van der Waals surface area contributed by atoms with E-state index in [1.165, 1.54) is 19.3 Å². The maximum absolute atomic E-state index is 13.4. The number of rotatable bonds is 5. The maximum atomic E-state index is 13.4. The fourth-order valence-corrected chi connectivity index (χ4v) is 8.97. The maximum Gasteiger partial charge on any atom is 0.158 e. The number of carbonyl (C=O) groups excluding carboxylic acids is 1. The highest BCUT2D eigenvalue weighted by atomic mass is 16.5. The Bertz CT molecular complexity index is 869. The Morgan fingerprint density at radius 2 is 1.94 bits per heavy atom. The van der Waals surface area contributed by atoms with Crippen molar-refractivity contribution in [2.75, 3.05) is 13.7 Å². The molecule has 7 heteroatoms. The van der Waals surface area contributed by atoms with Crippen molar-refractivity contribution in [3.05, 3.63) is 5.82 Å². The summed E-state index contributed by atoms with van der Waals surface area (Å²) in [6, 6.07) is 0. The zero-order chi connectivity index (χ0) is 22.7. The van der Waals surface area contributed by atoms with Crippen LogP contribution in [0.4, 0.5) is 0 Å². The molecule has 0 amide bonds. The van der Waals surface area contributed by atoms with Crippen LogP contribution in [0.2, 0.25) is 0 Å². The second-order valence-electron chi connectivity index (χ2n) is 12.0. The van der Waals surface area contributed by atoms with Crippen LogP contribution in [0.15, 0.2) is 0 Å². The molecule has 178 valence electrons. The van der Waals surface area contributed by atoms with E-state index in [0.717, 1.165) is 45.1 Å². The lowest BCUT2D eigenvalue weighted by Crippen LogP contribution is -2.58. The number of hydrogen-bond donors (Lipinski definition) is 1. The fraction of sp³-hybridized carbons (Fsp3) is 0.920. The van der Waals surface area contributed by atoms with Crippen LogP contribution in [-0.2, 0) is 16.1 Å². The van der Waals surface area contributed by atoms with Gasteiger partial charge in [0.1, 0.15) is 12.4 Å². The van der Waals surface area contributed by atoms with Gasteiger partial charge in [0.15, 0.2) is 5.78 Å². The van der Waals surface area contributed by atoms with E-state index in [9.17, 15) is 9.90 Å². The summed E-state index contributed by atoms with van der Waals surface area (Å²) in [6.45, 7) is 7.39. The minimum atomic E-state index is -0.531. The summed E-state index contributed by atoms with van der Waals surface area (Å²) < 4.78 is 7.52. The third-order valence-electron chi connectivity index (χ3n) is 10.5. The zero-order valence-corrected chi connectivity index (χ0v) is 20.2. The number of fused-ring (bicyclic) bond motifs is 5. The Kier molecular flexibility index (Phi) is 5.52. The number of carbonyl (C=O) groups is 1. The molecule has 1 heterocycles. The Balaban J connectivity index is 1.38. The van der Waals surface area contributed by atoms with Gasteiger partial charge in [0.2, 0.25) is 0 Å². The van der Waals surface area contributed by atoms with Crippen LogP contribution in [0.25, 0.3) is 0 Å². The summed E-state index contributed by atoms with van der Waals surface area (Å²) >= 11 is 0. The van der Waals surface area contributed by atoms with Gasteiger partial charge in [-0.2, -0.15) is 0 Å². The monoisotopic (exact) mass is 444 g/mol. The third-order valence-corrected chi connectivity index (χ3v) is 10.5. The molecule has 0 aliphatic heterocycles. The molecule has 0 spiro atoms. The first-order chi connectivity index (χ1) is 15.2. The number of aromatic nitrogens is 4. The van der Waals surface area contributed by atoms with Crippen molar-refractivity contribution >= 4 is 5.78 Å². The number of aryl methyl sites for hydroxylation is 1. The molecule has 1 aromatic heterocycles. The van der Waals surface area contributed by atoms with Gasteiger partial charge in [-0.1, -0.05) is 6.92 Å². The highest BCUT2D eigenvalue weighted by Crippen LogP contribution is 2.68. The number of methoxy groups -OCH3 is 1. The molecule has 4 fully saturated rings. The van der Waals surface area contributed by atoms with Crippen LogP contribution in [0, 0.1) is 47.3 Å². The van der Waals surface area contributed by atoms with E-state index >= 15 is 0 Å². The molecule has 0 aromatic carbocycles. The zero-order valence-electron chi connectivity index (χ0n) is 20.2. The van der Waals surface area contributed by atoms with Crippen molar-refractivity contribution in [1.82, 2.24) is 20.2 Å². The number of hydrogen-bond acceptors (Lipinski definition) is 6. The van der Waals surface area contributed by atoms with E-state index in [1.54, 1.807) is 4.68 Å². The smallest absolute Gasteiger partial charge is 0.158 e. The predicted octanol–water partition coefficient (Wildman–Crippen LogP) is 3.59. The summed E-state index contributed by atoms with van der Waals surface area (Å²) in [4.78, 5) is 13.4. The number of aliphatic hydroxyl groups is 1. The van der Waals surface area contributed by atoms with E-state index in [0.29, 0.717) is 41.8 Å². The average molecular weight is 445 g/mol. The van der Waals surface area contributed by atoms with E-state index in [2.05, 4.69) is 22.4 Å². The molecule has 0 bridgehead atoms. The molecular weight excluding hydrogens is 404 g/mol. The van der Waals surface area contributed by atoms with Crippen molar-refractivity contribution in [2.45, 2.75) is 90.7 Å². The van der Waals surface area contributed by atoms with Gasteiger partial charge in [-0.3, -0.25) is 4.79 Å². The van der Waals surface area contributed by atoms with Gasteiger partial charge in [-0.25, -0.2) is 4.68 Å². The van der Waals surface area contributed by atoms with Gasteiger partial charge in [-0.15, -0.1) is 5.10 Å². The van der Waals surface area contributed by atoms with E-state index < -0.39 is 5.60 Å². The van der Waals surface area contributed by atoms with Crippen molar-refractivity contribution < 1.29 is 14.6 Å². The lowest BCUT2D eigenvalue weighted by molar-refractivity contribution is -0.175. The quantitative estimate of drug-likeness (QED) is 0.746. The molecule has 7 nitrogen and oxygen atoms in total. The average Bonchev–Trinajstić information content (AvgIpc) is 3.30. The molecule has 4 saturated carbocycles. The topological polar surface area (TPSA) is 90.1 Å². The summed E-state index contributed by atoms with van der Waals surface area (Å²) in [7, 11) is 1.85. The lowest BCUT2D eigenvalue weighted by Gasteiger charge is -2.62. The Morgan fingerprint density at radius 3 is 2.66 bits per heavy atom. The van der Waals surface area contributed by atoms with Crippen molar-refractivity contribution in [3.8, 4) is 0 Å². The number of ketones is 1. The van der Waals surface area contributed by atoms with Gasteiger partial charge in [0.05, 0.1) is 12.2 Å². The predicted molar refractivity (Wildman–Crippen MR) is 120 cm³/mol. The molecule has 1 aromatic rings. The van der Waals surface area contributed by atoms with E-state index in [4.69, 9.17) is 4.74 Å². The third kappa shape index (κ3) is 3.37. The van der Waals surface area contributed by atoms with Crippen molar-refractivity contribution in [3.63, 3.8) is 0 Å². The molecule has 1 N–H and O–H groups in total. The summed E-state index contributed by atoms with van der Waals surface area (Å²) in [5, 5.41) is 22.5. The van der Waals surface area contributed by atoms with Crippen molar-refractivity contribution in [1.29, 1.82) is 0 Å². The van der Waals surface area contributed by atoms with Crippen LogP contribution >= 0.6 is 0 Å². The van der Waals surface area contributed by atoms with Crippen LogP contribution < -0.4 is 0 Å². The minimum Gasteiger partial charge on any atom is -0.390 e. The first-order valence-electron chi connectivity index (χ1n) is 12.7. The first kappa shape index (κ1) is 22.5. The molecule has 5 rings (SSSR count). The van der Waals surface area contributed by atoms with Gasteiger partial charge in [0, 0.05) is 13.0 Å². The van der Waals surface area contributed by atoms with Crippen LogP contribution in [0.3, 0.4) is 0 Å². The van der Waals surface area contributed by atoms with Crippen LogP contribution in [0.1, 0.15) is 77.5 Å². The highest BCUT2D eigenvalue weighted by Gasteiger charge is 2.63. The SMILES string of the molecule is COC[C@]12CC[C@@](C)(O)C[C@H]1CC[C@H]1[C@@H]3CC[C@H](C(=O)Cn4nnnc4C)[C@@]3(C)CC[C@@H]12. The normalized spacial score (nSPS) is 45.7. The van der Waals surface area contributed by atoms with Crippen LogP contribution in [-0.4, -0.2) is 50.4 Å². The minimum absolute atomic E-state index is 0.0847. The lowest BCUT2D eigenvalue weighted by atomic mass is 9.43.